The van der Waals surface area contributed by atoms with Gasteiger partial charge in [-0.3, -0.25) is 4.79 Å². The fraction of sp³-hybridized carbons (Fsp3) is 0.263. The number of nitrogens with one attached hydrogen (secondary N) is 2. The Bertz CT molecular complexity index is 758. The van der Waals surface area contributed by atoms with Gasteiger partial charge >= 0.3 is 0 Å². The van der Waals surface area contributed by atoms with Crippen LogP contribution in [0.5, 0.6) is 5.75 Å². The number of nitrogens with zero attached hydrogens (tertiary/aromatic N) is 2. The van der Waals surface area contributed by atoms with Gasteiger partial charge in [0.1, 0.15) is 5.75 Å². The van der Waals surface area contributed by atoms with E-state index in [1.165, 1.54) is 4.90 Å². The highest BCUT2D eigenvalue weighted by atomic mass is 16.3. The maximum absolute atomic E-state index is 12.2. The van der Waals surface area contributed by atoms with Gasteiger partial charge in [-0.15, -0.1) is 0 Å². The standard InChI is InChI=1S/C19H20N4O2/c20-13-15-1-3-16(4-2-15)21-19(25)14-22-9-11-23(12-10-22)17-5-7-18(24)8-6-17/h1-8,24H,9-12,14H2,(H,21,25)/p+1. The van der Waals surface area contributed by atoms with E-state index in [2.05, 4.69) is 16.3 Å². The monoisotopic (exact) mass is 337 g/mol. The van der Waals surface area contributed by atoms with Crippen LogP contribution in [0.2, 0.25) is 0 Å². The van der Waals surface area contributed by atoms with Crippen molar-refractivity contribution in [3.05, 3.63) is 54.1 Å². The lowest BCUT2D eigenvalue weighted by atomic mass is 10.2. The van der Waals surface area contributed by atoms with Gasteiger partial charge in [0.15, 0.2) is 6.54 Å². The third-order valence-electron chi connectivity index (χ3n) is 4.39. The van der Waals surface area contributed by atoms with Crippen molar-refractivity contribution in [3.8, 4) is 11.8 Å². The van der Waals surface area contributed by atoms with Gasteiger partial charge in [0, 0.05) is 11.4 Å². The average Bonchev–Trinajstić information content (AvgIpc) is 2.64. The van der Waals surface area contributed by atoms with E-state index in [-0.39, 0.29) is 11.7 Å². The molecule has 1 amide bonds. The molecule has 0 aliphatic carbocycles. The van der Waals surface area contributed by atoms with Gasteiger partial charge < -0.3 is 20.2 Å². The molecule has 1 aliphatic heterocycles. The highest BCUT2D eigenvalue weighted by Crippen LogP contribution is 2.18. The van der Waals surface area contributed by atoms with E-state index in [1.54, 1.807) is 36.4 Å². The summed E-state index contributed by atoms with van der Waals surface area (Å²) in [4.78, 5) is 15.7. The van der Waals surface area contributed by atoms with Crippen LogP contribution in [0.4, 0.5) is 11.4 Å². The summed E-state index contributed by atoms with van der Waals surface area (Å²) < 4.78 is 0. The average molecular weight is 337 g/mol. The van der Waals surface area contributed by atoms with Crippen molar-refractivity contribution in [1.82, 2.24) is 0 Å². The van der Waals surface area contributed by atoms with Crippen molar-refractivity contribution in [1.29, 1.82) is 5.26 Å². The van der Waals surface area contributed by atoms with Crippen LogP contribution in [0.3, 0.4) is 0 Å². The van der Waals surface area contributed by atoms with Crippen molar-refractivity contribution in [3.63, 3.8) is 0 Å². The van der Waals surface area contributed by atoms with Crippen LogP contribution in [0.1, 0.15) is 5.56 Å². The number of amides is 1. The Kier molecular flexibility index (Phi) is 5.17. The summed E-state index contributed by atoms with van der Waals surface area (Å²) in [7, 11) is 0. The van der Waals surface area contributed by atoms with E-state index < -0.39 is 0 Å². The van der Waals surface area contributed by atoms with Crippen molar-refractivity contribution in [2.75, 3.05) is 42.9 Å². The number of hydrogen-bond donors (Lipinski definition) is 3. The zero-order valence-corrected chi connectivity index (χ0v) is 13.9. The lowest BCUT2D eigenvalue weighted by molar-refractivity contribution is -0.892. The Morgan fingerprint density at radius 1 is 1.12 bits per heavy atom. The number of rotatable bonds is 4. The number of aromatic hydroxyl groups is 1. The molecule has 2 aromatic rings. The molecule has 6 nitrogen and oxygen atoms in total. The first-order chi connectivity index (χ1) is 12.1. The quantitative estimate of drug-likeness (QED) is 0.764. The lowest BCUT2D eigenvalue weighted by Crippen LogP contribution is -3.15. The van der Waals surface area contributed by atoms with E-state index in [4.69, 9.17) is 5.26 Å². The van der Waals surface area contributed by atoms with Crippen LogP contribution in [0.15, 0.2) is 48.5 Å². The van der Waals surface area contributed by atoms with Crippen molar-refractivity contribution < 1.29 is 14.8 Å². The summed E-state index contributed by atoms with van der Waals surface area (Å²) in [5, 5.41) is 21.0. The van der Waals surface area contributed by atoms with Crippen LogP contribution in [0, 0.1) is 11.3 Å². The van der Waals surface area contributed by atoms with Crippen LogP contribution < -0.4 is 15.1 Å². The fourth-order valence-corrected chi connectivity index (χ4v) is 2.98. The number of hydrogen-bond acceptors (Lipinski definition) is 4. The number of anilines is 2. The maximum Gasteiger partial charge on any atom is 0.279 e. The molecule has 3 N–H and O–H groups in total. The Morgan fingerprint density at radius 3 is 2.36 bits per heavy atom. The zero-order valence-electron chi connectivity index (χ0n) is 13.9. The molecule has 0 unspecified atom stereocenters. The number of carbonyl (C=O) groups is 1. The molecule has 0 radical (unpaired) electrons. The molecule has 0 atom stereocenters. The normalized spacial score (nSPS) is 14.8. The number of nitriles is 1. The molecule has 6 heteroatoms. The highest BCUT2D eigenvalue weighted by molar-refractivity contribution is 5.91. The number of carbonyl (C=O) groups excluding carboxylic acids is 1. The smallest absolute Gasteiger partial charge is 0.279 e. The summed E-state index contributed by atoms with van der Waals surface area (Å²) in [6.45, 7) is 3.97. The lowest BCUT2D eigenvalue weighted by Gasteiger charge is -2.33. The maximum atomic E-state index is 12.2. The molecular formula is C19H21N4O2+. The summed E-state index contributed by atoms with van der Waals surface area (Å²) in [5.74, 6) is 0.255. The number of phenols is 1. The van der Waals surface area contributed by atoms with Gasteiger partial charge in [0.2, 0.25) is 0 Å². The van der Waals surface area contributed by atoms with Gasteiger partial charge in [0.25, 0.3) is 5.91 Å². The molecule has 2 aromatic carbocycles. The zero-order chi connectivity index (χ0) is 17.6. The molecule has 0 aromatic heterocycles. The first-order valence-corrected chi connectivity index (χ1v) is 8.31. The van der Waals surface area contributed by atoms with E-state index in [9.17, 15) is 9.90 Å². The van der Waals surface area contributed by atoms with E-state index in [0.717, 1.165) is 31.9 Å². The molecule has 1 heterocycles. The predicted molar refractivity (Wildman–Crippen MR) is 95.7 cm³/mol. The van der Waals surface area contributed by atoms with Gasteiger partial charge in [-0.1, -0.05) is 0 Å². The number of quaternary nitrogens is 1. The molecule has 3 rings (SSSR count). The Balaban J connectivity index is 1.47. The van der Waals surface area contributed by atoms with Gasteiger partial charge in [-0.25, -0.2) is 0 Å². The third kappa shape index (κ3) is 4.49. The third-order valence-corrected chi connectivity index (χ3v) is 4.39. The summed E-state index contributed by atoms with van der Waals surface area (Å²) in [5.41, 5.74) is 2.39. The molecule has 128 valence electrons. The number of benzene rings is 2. The molecule has 0 bridgehead atoms. The summed E-state index contributed by atoms with van der Waals surface area (Å²) in [6, 6.07) is 16.2. The topological polar surface area (TPSA) is 80.8 Å². The van der Waals surface area contributed by atoms with Gasteiger partial charge in [-0.05, 0) is 48.5 Å². The Morgan fingerprint density at radius 2 is 1.76 bits per heavy atom. The molecule has 0 spiro atoms. The predicted octanol–water partition coefficient (Wildman–Crippen LogP) is 0.607. The second-order valence-corrected chi connectivity index (χ2v) is 6.17. The summed E-state index contributed by atoms with van der Waals surface area (Å²) in [6.07, 6.45) is 0. The van der Waals surface area contributed by atoms with Crippen molar-refractivity contribution >= 4 is 17.3 Å². The van der Waals surface area contributed by atoms with Crippen LogP contribution in [0.25, 0.3) is 0 Å². The second kappa shape index (κ2) is 7.69. The second-order valence-electron chi connectivity index (χ2n) is 6.17. The highest BCUT2D eigenvalue weighted by Gasteiger charge is 2.22. The van der Waals surface area contributed by atoms with Gasteiger partial charge in [-0.2, -0.15) is 5.26 Å². The minimum Gasteiger partial charge on any atom is -0.508 e. The SMILES string of the molecule is N#Cc1ccc(NC(=O)C[NH+]2CCN(c3ccc(O)cc3)CC2)cc1. The van der Waals surface area contributed by atoms with Gasteiger partial charge in [0.05, 0.1) is 37.8 Å². The van der Waals surface area contributed by atoms with Crippen molar-refractivity contribution in [2.45, 2.75) is 0 Å². The molecule has 1 saturated heterocycles. The summed E-state index contributed by atoms with van der Waals surface area (Å²) >= 11 is 0. The minimum atomic E-state index is -0.0159. The Labute approximate surface area is 146 Å². The number of phenolic OH excluding ortho intramolecular Hbond substituents is 1. The first kappa shape index (κ1) is 16.8. The Hall–Kier alpha value is -3.04. The fourth-order valence-electron chi connectivity index (χ4n) is 2.98. The largest absolute Gasteiger partial charge is 0.508 e. The molecule has 25 heavy (non-hydrogen) atoms. The number of piperazine rings is 1. The van der Waals surface area contributed by atoms with Crippen LogP contribution in [-0.2, 0) is 4.79 Å². The molecular weight excluding hydrogens is 316 g/mol. The van der Waals surface area contributed by atoms with E-state index in [1.807, 2.05) is 12.1 Å². The molecule has 1 fully saturated rings. The van der Waals surface area contributed by atoms with E-state index in [0.29, 0.717) is 17.8 Å². The van der Waals surface area contributed by atoms with E-state index >= 15 is 0 Å². The van der Waals surface area contributed by atoms with Crippen LogP contribution in [-0.4, -0.2) is 43.7 Å². The van der Waals surface area contributed by atoms with Crippen molar-refractivity contribution in [2.24, 2.45) is 0 Å². The first-order valence-electron chi connectivity index (χ1n) is 8.31. The molecule has 0 saturated carbocycles. The minimum absolute atomic E-state index is 0.0159. The molecule has 1 aliphatic rings. The van der Waals surface area contributed by atoms with Crippen LogP contribution >= 0.6 is 0 Å².